The molecule has 0 unspecified atom stereocenters. The Bertz CT molecular complexity index is 375. The molecular weight excluding hydrogens is 190 g/mol. The van der Waals surface area contributed by atoms with Gasteiger partial charge in [-0.1, -0.05) is 25.7 Å². The molecule has 3 nitrogen and oxygen atoms in total. The Kier molecular flexibility index (Phi) is 3.50. The normalized spacial score (nSPS) is 16.7. The van der Waals surface area contributed by atoms with E-state index in [0.29, 0.717) is 17.8 Å². The minimum Gasteiger partial charge on any atom is -0.477 e. The van der Waals surface area contributed by atoms with Crippen molar-refractivity contribution >= 4 is 5.97 Å². The van der Waals surface area contributed by atoms with Gasteiger partial charge in [0.15, 0.2) is 0 Å². The zero-order chi connectivity index (χ0) is 11.4. The molecule has 1 aliphatic heterocycles. The van der Waals surface area contributed by atoms with E-state index >= 15 is 0 Å². The first-order chi connectivity index (χ1) is 7.11. The number of hydrogen-bond donors (Lipinski definition) is 1. The molecule has 0 saturated heterocycles. The number of carboxylic acids is 1. The van der Waals surface area contributed by atoms with Crippen molar-refractivity contribution in [2.75, 3.05) is 0 Å². The summed E-state index contributed by atoms with van der Waals surface area (Å²) < 4.78 is 0. The molecule has 80 valence electrons. The van der Waals surface area contributed by atoms with Crippen LogP contribution in [0.25, 0.3) is 0 Å². The fourth-order valence-electron chi connectivity index (χ4n) is 1.50. The van der Waals surface area contributed by atoms with E-state index < -0.39 is 5.97 Å². The highest BCUT2D eigenvalue weighted by Crippen LogP contribution is 2.25. The lowest BCUT2D eigenvalue weighted by molar-refractivity contribution is -0.134. The van der Waals surface area contributed by atoms with Crippen molar-refractivity contribution in [3.8, 4) is 0 Å². The minimum atomic E-state index is -0.921. The molecule has 0 bridgehead atoms. The lowest BCUT2D eigenvalue weighted by Crippen LogP contribution is -2.24. The van der Waals surface area contributed by atoms with E-state index in [1.807, 2.05) is 26.0 Å². The predicted molar refractivity (Wildman–Crippen MR) is 59.9 cm³/mol. The van der Waals surface area contributed by atoms with Crippen molar-refractivity contribution in [2.24, 2.45) is 0 Å². The Hall–Kier alpha value is -1.77. The molecule has 0 saturated carbocycles. The molecule has 0 aliphatic carbocycles. The average molecular weight is 205 g/mol. The second kappa shape index (κ2) is 4.64. The highest BCUT2D eigenvalue weighted by Gasteiger charge is 2.22. The van der Waals surface area contributed by atoms with Gasteiger partial charge in [-0.3, -0.25) is 0 Å². The number of hydrogen-bond acceptors (Lipinski definition) is 2. The maximum atomic E-state index is 11.1. The van der Waals surface area contributed by atoms with E-state index in [9.17, 15) is 4.79 Å². The fourth-order valence-corrected chi connectivity index (χ4v) is 1.50. The molecule has 1 rings (SSSR count). The Labute approximate surface area is 89.7 Å². The fraction of sp³-hybridized carbons (Fsp3) is 0.250. The van der Waals surface area contributed by atoms with E-state index in [0.717, 1.165) is 5.57 Å². The van der Waals surface area contributed by atoms with Gasteiger partial charge >= 0.3 is 5.97 Å². The summed E-state index contributed by atoms with van der Waals surface area (Å²) in [5.74, 6) is -0.921. The van der Waals surface area contributed by atoms with Gasteiger partial charge in [0.1, 0.15) is 5.70 Å². The highest BCUT2D eigenvalue weighted by molar-refractivity contribution is 5.89. The molecule has 1 aliphatic rings. The SMILES string of the molecule is C=C1C=CC(CC)=C(C(=O)O)N1/C=C\C. The summed E-state index contributed by atoms with van der Waals surface area (Å²) in [4.78, 5) is 12.7. The number of aliphatic carboxylic acids is 1. The number of carboxylic acid groups (broad SMARTS) is 1. The topological polar surface area (TPSA) is 40.5 Å². The van der Waals surface area contributed by atoms with Crippen LogP contribution in [-0.4, -0.2) is 16.0 Å². The van der Waals surface area contributed by atoms with Crippen LogP contribution in [-0.2, 0) is 4.79 Å². The van der Waals surface area contributed by atoms with E-state index in [2.05, 4.69) is 6.58 Å². The van der Waals surface area contributed by atoms with Crippen LogP contribution in [0.2, 0.25) is 0 Å². The number of allylic oxidation sites excluding steroid dienone is 4. The van der Waals surface area contributed by atoms with Crippen molar-refractivity contribution in [2.45, 2.75) is 20.3 Å². The molecular formula is C12H15NO2. The van der Waals surface area contributed by atoms with E-state index in [1.165, 1.54) is 0 Å². The van der Waals surface area contributed by atoms with Gasteiger partial charge in [0.2, 0.25) is 0 Å². The third kappa shape index (κ3) is 2.18. The predicted octanol–water partition coefficient (Wildman–Crippen LogP) is 2.65. The summed E-state index contributed by atoms with van der Waals surface area (Å²) >= 11 is 0. The van der Waals surface area contributed by atoms with Crippen LogP contribution in [0.15, 0.2) is 48.0 Å². The van der Waals surface area contributed by atoms with Crippen LogP contribution in [0.3, 0.4) is 0 Å². The van der Waals surface area contributed by atoms with Gasteiger partial charge in [0.25, 0.3) is 0 Å². The van der Waals surface area contributed by atoms with Crippen LogP contribution in [0.1, 0.15) is 20.3 Å². The maximum Gasteiger partial charge on any atom is 0.353 e. The standard InChI is InChI=1S/C12H15NO2/c1-4-8-13-9(3)6-7-10(5-2)11(13)12(14)15/h4,6-8H,3,5H2,1-2H3,(H,14,15)/b8-4-. The summed E-state index contributed by atoms with van der Waals surface area (Å²) in [7, 11) is 0. The average Bonchev–Trinajstić information content (AvgIpc) is 2.20. The van der Waals surface area contributed by atoms with Crippen molar-refractivity contribution in [1.82, 2.24) is 4.90 Å². The number of rotatable bonds is 3. The molecule has 3 heteroatoms. The lowest BCUT2D eigenvalue weighted by atomic mass is 10.0. The van der Waals surface area contributed by atoms with Crippen molar-refractivity contribution < 1.29 is 9.90 Å². The van der Waals surface area contributed by atoms with Gasteiger partial charge in [-0.05, 0) is 25.0 Å². The molecule has 15 heavy (non-hydrogen) atoms. The second-order valence-electron chi connectivity index (χ2n) is 3.21. The van der Waals surface area contributed by atoms with E-state index in [1.54, 1.807) is 17.2 Å². The smallest absolute Gasteiger partial charge is 0.353 e. The zero-order valence-corrected chi connectivity index (χ0v) is 9.03. The van der Waals surface area contributed by atoms with Crippen molar-refractivity contribution in [3.63, 3.8) is 0 Å². The maximum absolute atomic E-state index is 11.1. The molecule has 0 radical (unpaired) electrons. The quantitative estimate of drug-likeness (QED) is 0.770. The monoisotopic (exact) mass is 205 g/mol. The summed E-state index contributed by atoms with van der Waals surface area (Å²) in [5, 5.41) is 9.15. The van der Waals surface area contributed by atoms with E-state index in [-0.39, 0.29) is 0 Å². The third-order valence-corrected chi connectivity index (χ3v) is 2.21. The van der Waals surface area contributed by atoms with Crippen LogP contribution in [0.4, 0.5) is 0 Å². The summed E-state index contributed by atoms with van der Waals surface area (Å²) in [5.41, 5.74) is 1.78. The molecule has 0 spiro atoms. The first kappa shape index (κ1) is 11.3. The van der Waals surface area contributed by atoms with Crippen molar-refractivity contribution in [3.05, 3.63) is 48.0 Å². The largest absolute Gasteiger partial charge is 0.477 e. The van der Waals surface area contributed by atoms with E-state index in [4.69, 9.17) is 5.11 Å². The van der Waals surface area contributed by atoms with Gasteiger partial charge < -0.3 is 10.0 Å². The molecule has 1 heterocycles. The molecule has 0 amide bonds. The second-order valence-corrected chi connectivity index (χ2v) is 3.21. The van der Waals surface area contributed by atoms with Gasteiger partial charge in [0.05, 0.1) is 0 Å². The third-order valence-electron chi connectivity index (χ3n) is 2.21. The molecule has 1 N–H and O–H groups in total. The van der Waals surface area contributed by atoms with Crippen LogP contribution < -0.4 is 0 Å². The Morgan fingerprint density at radius 3 is 2.73 bits per heavy atom. The van der Waals surface area contributed by atoms with Crippen LogP contribution in [0.5, 0.6) is 0 Å². The summed E-state index contributed by atoms with van der Waals surface area (Å²) in [6.07, 6.45) is 7.84. The Balaban J connectivity index is 3.24. The lowest BCUT2D eigenvalue weighted by Gasteiger charge is -2.26. The molecule has 0 fully saturated rings. The molecule has 0 aromatic heterocycles. The highest BCUT2D eigenvalue weighted by atomic mass is 16.4. The van der Waals surface area contributed by atoms with Gasteiger partial charge in [0, 0.05) is 11.9 Å². The summed E-state index contributed by atoms with van der Waals surface area (Å²) in [6.45, 7) is 7.58. The van der Waals surface area contributed by atoms with Gasteiger partial charge in [-0.2, -0.15) is 0 Å². The molecule has 0 aromatic carbocycles. The summed E-state index contributed by atoms with van der Waals surface area (Å²) in [6, 6.07) is 0. The zero-order valence-electron chi connectivity index (χ0n) is 9.03. The molecule has 0 aromatic rings. The Morgan fingerprint density at radius 2 is 2.27 bits per heavy atom. The van der Waals surface area contributed by atoms with Crippen LogP contribution >= 0.6 is 0 Å². The van der Waals surface area contributed by atoms with Gasteiger partial charge in [-0.25, -0.2) is 4.79 Å². The number of nitrogens with zero attached hydrogens (tertiary/aromatic N) is 1. The van der Waals surface area contributed by atoms with Gasteiger partial charge in [-0.15, -0.1) is 0 Å². The van der Waals surface area contributed by atoms with Crippen LogP contribution in [0, 0.1) is 0 Å². The first-order valence-corrected chi connectivity index (χ1v) is 4.87. The van der Waals surface area contributed by atoms with Crippen molar-refractivity contribution in [1.29, 1.82) is 0 Å². The first-order valence-electron chi connectivity index (χ1n) is 4.87. The molecule has 0 atom stereocenters. The Morgan fingerprint density at radius 1 is 1.60 bits per heavy atom. The minimum absolute atomic E-state index is 0.295. The number of carbonyl (C=O) groups is 1.